The van der Waals surface area contributed by atoms with Gasteiger partial charge in [0.2, 0.25) is 0 Å². The van der Waals surface area contributed by atoms with Gasteiger partial charge in [-0.25, -0.2) is 0 Å². The Bertz CT molecular complexity index is 507. The molecule has 2 rings (SSSR count). The number of H-pyrrole nitrogens is 1. The molecule has 0 aliphatic carbocycles. The lowest BCUT2D eigenvalue weighted by molar-refractivity contribution is 0.884. The normalized spacial score (nSPS) is 12.4. The zero-order valence-electron chi connectivity index (χ0n) is 9.79. The first-order chi connectivity index (χ1) is 8.08. The van der Waals surface area contributed by atoms with Crippen molar-refractivity contribution in [3.8, 4) is 0 Å². The van der Waals surface area contributed by atoms with Crippen LogP contribution in [-0.4, -0.2) is 10.2 Å². The quantitative estimate of drug-likeness (QED) is 0.762. The third-order valence-electron chi connectivity index (χ3n) is 2.75. The van der Waals surface area contributed by atoms with E-state index in [0.717, 1.165) is 27.0 Å². The second-order valence-electron chi connectivity index (χ2n) is 4.09. The van der Waals surface area contributed by atoms with Crippen molar-refractivity contribution in [1.82, 2.24) is 10.2 Å². The van der Waals surface area contributed by atoms with Crippen LogP contribution >= 0.6 is 15.9 Å². The summed E-state index contributed by atoms with van der Waals surface area (Å²) < 4.78 is 0.968. The highest BCUT2D eigenvalue weighted by Gasteiger charge is 2.09. The van der Waals surface area contributed by atoms with E-state index in [2.05, 4.69) is 38.4 Å². The summed E-state index contributed by atoms with van der Waals surface area (Å²) >= 11 is 3.51. The second kappa shape index (κ2) is 4.79. The van der Waals surface area contributed by atoms with Gasteiger partial charge >= 0.3 is 0 Å². The summed E-state index contributed by atoms with van der Waals surface area (Å²) in [6, 6.07) is 4.14. The van der Waals surface area contributed by atoms with Crippen LogP contribution in [-0.2, 0) is 0 Å². The fourth-order valence-corrected chi connectivity index (χ4v) is 2.10. The summed E-state index contributed by atoms with van der Waals surface area (Å²) in [7, 11) is 0. The number of hydrogen-bond donors (Lipinski definition) is 3. The second-order valence-corrected chi connectivity index (χ2v) is 4.94. The van der Waals surface area contributed by atoms with Crippen LogP contribution in [0.15, 0.2) is 29.0 Å². The summed E-state index contributed by atoms with van der Waals surface area (Å²) in [6.45, 7) is 4.08. The zero-order chi connectivity index (χ0) is 12.4. The largest absolute Gasteiger partial charge is 0.398 e. The number of halogens is 1. The molecule has 90 valence electrons. The first-order valence-corrected chi connectivity index (χ1v) is 6.18. The zero-order valence-corrected chi connectivity index (χ0v) is 11.4. The van der Waals surface area contributed by atoms with Gasteiger partial charge in [0.1, 0.15) is 0 Å². The van der Waals surface area contributed by atoms with Gasteiger partial charge in [-0.1, -0.05) is 0 Å². The minimum absolute atomic E-state index is 0.188. The fraction of sp³-hybridized carbons (Fsp3) is 0.250. The standard InChI is InChI=1S/C12H15BrN4/c1-7-3-12(10(13)4-11(7)14)17-8(2)9-5-15-16-6-9/h3-6,8,17H,14H2,1-2H3,(H,15,16). The van der Waals surface area contributed by atoms with Crippen molar-refractivity contribution in [1.29, 1.82) is 0 Å². The van der Waals surface area contributed by atoms with E-state index in [1.54, 1.807) is 0 Å². The molecular weight excluding hydrogens is 280 g/mol. The van der Waals surface area contributed by atoms with Crippen molar-refractivity contribution in [2.75, 3.05) is 11.1 Å². The monoisotopic (exact) mass is 294 g/mol. The van der Waals surface area contributed by atoms with Crippen LogP contribution in [0, 0.1) is 6.92 Å². The van der Waals surface area contributed by atoms with Crippen LogP contribution < -0.4 is 11.1 Å². The highest BCUT2D eigenvalue weighted by molar-refractivity contribution is 9.10. The molecule has 1 aromatic heterocycles. The van der Waals surface area contributed by atoms with Gasteiger partial charge in [-0.05, 0) is 47.5 Å². The van der Waals surface area contributed by atoms with Gasteiger partial charge in [0, 0.05) is 27.6 Å². The predicted molar refractivity (Wildman–Crippen MR) is 73.9 cm³/mol. The van der Waals surface area contributed by atoms with Crippen molar-refractivity contribution < 1.29 is 0 Å². The number of aryl methyl sites for hydroxylation is 1. The first kappa shape index (κ1) is 12.0. The van der Waals surface area contributed by atoms with E-state index >= 15 is 0 Å². The van der Waals surface area contributed by atoms with Gasteiger partial charge in [0.15, 0.2) is 0 Å². The van der Waals surface area contributed by atoms with Crippen molar-refractivity contribution >= 4 is 27.3 Å². The minimum atomic E-state index is 0.188. The van der Waals surface area contributed by atoms with Gasteiger partial charge in [0.25, 0.3) is 0 Å². The maximum atomic E-state index is 5.84. The molecule has 0 radical (unpaired) electrons. The number of nitrogens with one attached hydrogen (secondary N) is 2. The molecule has 4 nitrogen and oxygen atoms in total. The number of benzene rings is 1. The third-order valence-corrected chi connectivity index (χ3v) is 3.40. The number of nitrogen functional groups attached to an aromatic ring is 1. The fourth-order valence-electron chi connectivity index (χ4n) is 1.62. The van der Waals surface area contributed by atoms with E-state index in [0.29, 0.717) is 0 Å². The topological polar surface area (TPSA) is 66.7 Å². The number of anilines is 2. The molecule has 1 atom stereocenters. The van der Waals surface area contributed by atoms with E-state index < -0.39 is 0 Å². The molecule has 0 aliphatic rings. The Labute approximate surface area is 109 Å². The molecule has 0 amide bonds. The summed E-state index contributed by atoms with van der Waals surface area (Å²) in [5.41, 5.74) is 9.85. The van der Waals surface area contributed by atoms with Gasteiger partial charge in [-0.3, -0.25) is 5.10 Å². The molecule has 0 saturated carbocycles. The average molecular weight is 295 g/mol. The van der Waals surface area contributed by atoms with Crippen molar-refractivity contribution in [2.24, 2.45) is 0 Å². The Morgan fingerprint density at radius 1 is 1.47 bits per heavy atom. The maximum absolute atomic E-state index is 5.84. The molecule has 1 heterocycles. The van der Waals surface area contributed by atoms with E-state index in [4.69, 9.17) is 5.73 Å². The lowest BCUT2D eigenvalue weighted by Gasteiger charge is -2.16. The Morgan fingerprint density at radius 3 is 2.88 bits per heavy atom. The number of hydrogen-bond acceptors (Lipinski definition) is 3. The lowest BCUT2D eigenvalue weighted by Crippen LogP contribution is -2.07. The van der Waals surface area contributed by atoms with E-state index in [-0.39, 0.29) is 6.04 Å². The molecule has 17 heavy (non-hydrogen) atoms. The molecule has 0 bridgehead atoms. The Hall–Kier alpha value is -1.49. The lowest BCUT2D eigenvalue weighted by atomic mass is 10.1. The Balaban J connectivity index is 2.22. The molecule has 1 unspecified atom stereocenters. The van der Waals surface area contributed by atoms with Gasteiger partial charge in [-0.2, -0.15) is 5.10 Å². The first-order valence-electron chi connectivity index (χ1n) is 5.38. The van der Waals surface area contributed by atoms with E-state index in [9.17, 15) is 0 Å². The third kappa shape index (κ3) is 2.61. The molecular formula is C12H15BrN4. The highest BCUT2D eigenvalue weighted by Crippen LogP contribution is 2.30. The smallest absolute Gasteiger partial charge is 0.0539 e. The Kier molecular flexibility index (Phi) is 3.38. The van der Waals surface area contributed by atoms with Gasteiger partial charge in [0.05, 0.1) is 12.2 Å². The number of nitrogens with zero attached hydrogens (tertiary/aromatic N) is 1. The molecule has 5 heteroatoms. The Morgan fingerprint density at radius 2 is 2.24 bits per heavy atom. The van der Waals surface area contributed by atoms with E-state index in [1.807, 2.05) is 31.5 Å². The molecule has 0 aliphatic heterocycles. The van der Waals surface area contributed by atoms with Crippen LogP contribution in [0.3, 0.4) is 0 Å². The molecule has 0 spiro atoms. The molecule has 1 aromatic carbocycles. The van der Waals surface area contributed by atoms with Crippen LogP contribution in [0.25, 0.3) is 0 Å². The van der Waals surface area contributed by atoms with Crippen LogP contribution in [0.4, 0.5) is 11.4 Å². The summed E-state index contributed by atoms with van der Waals surface area (Å²) in [4.78, 5) is 0. The average Bonchev–Trinajstić information content (AvgIpc) is 2.79. The summed E-state index contributed by atoms with van der Waals surface area (Å²) in [5.74, 6) is 0. The van der Waals surface area contributed by atoms with Crippen molar-refractivity contribution in [3.05, 3.63) is 40.1 Å². The number of nitrogens with two attached hydrogens (primary N) is 1. The SMILES string of the molecule is Cc1cc(NC(C)c2cn[nH]c2)c(Br)cc1N. The predicted octanol–water partition coefficient (Wildman–Crippen LogP) is 3.24. The van der Waals surface area contributed by atoms with Crippen molar-refractivity contribution in [2.45, 2.75) is 19.9 Å². The van der Waals surface area contributed by atoms with Crippen LogP contribution in [0.5, 0.6) is 0 Å². The number of rotatable bonds is 3. The molecule has 4 N–H and O–H groups in total. The van der Waals surface area contributed by atoms with Gasteiger partial charge < -0.3 is 11.1 Å². The summed E-state index contributed by atoms with van der Waals surface area (Å²) in [5, 5.41) is 10.2. The van der Waals surface area contributed by atoms with Crippen molar-refractivity contribution in [3.63, 3.8) is 0 Å². The highest BCUT2D eigenvalue weighted by atomic mass is 79.9. The number of aromatic amines is 1. The maximum Gasteiger partial charge on any atom is 0.0539 e. The molecule has 2 aromatic rings. The molecule has 0 saturated heterocycles. The minimum Gasteiger partial charge on any atom is -0.398 e. The van der Waals surface area contributed by atoms with Crippen LogP contribution in [0.1, 0.15) is 24.1 Å². The molecule has 0 fully saturated rings. The van der Waals surface area contributed by atoms with E-state index in [1.165, 1.54) is 0 Å². The van der Waals surface area contributed by atoms with Crippen LogP contribution in [0.2, 0.25) is 0 Å². The van der Waals surface area contributed by atoms with Gasteiger partial charge in [-0.15, -0.1) is 0 Å². The number of aromatic nitrogens is 2. The summed E-state index contributed by atoms with van der Waals surface area (Å²) in [6.07, 6.45) is 3.70.